The highest BCUT2D eigenvalue weighted by molar-refractivity contribution is 4.76. The third kappa shape index (κ3) is 4.10. The van der Waals surface area contributed by atoms with Gasteiger partial charge >= 0.3 is 0 Å². The van der Waals surface area contributed by atoms with Crippen molar-refractivity contribution in [2.75, 3.05) is 13.2 Å². The molecule has 0 radical (unpaired) electrons. The molecule has 2 atom stereocenters. The van der Waals surface area contributed by atoms with Crippen LogP contribution in [-0.2, 0) is 4.74 Å². The minimum atomic E-state index is 0.627. The van der Waals surface area contributed by atoms with Gasteiger partial charge in [-0.2, -0.15) is 0 Å². The lowest BCUT2D eigenvalue weighted by molar-refractivity contribution is 0.187. The van der Waals surface area contributed by atoms with Crippen LogP contribution in [-0.4, -0.2) is 25.3 Å². The second-order valence-electron chi connectivity index (χ2n) is 3.97. The van der Waals surface area contributed by atoms with Crippen LogP contribution in [0.5, 0.6) is 0 Å². The van der Waals surface area contributed by atoms with Gasteiger partial charge in [0.2, 0.25) is 0 Å². The van der Waals surface area contributed by atoms with Gasteiger partial charge in [-0.3, -0.25) is 0 Å². The molecule has 1 aliphatic rings. The highest BCUT2D eigenvalue weighted by atomic mass is 16.5. The molecule has 1 aliphatic heterocycles. The van der Waals surface area contributed by atoms with E-state index in [-0.39, 0.29) is 0 Å². The van der Waals surface area contributed by atoms with Crippen molar-refractivity contribution in [3.05, 3.63) is 0 Å². The van der Waals surface area contributed by atoms with Crippen molar-refractivity contribution in [2.24, 2.45) is 0 Å². The Morgan fingerprint density at radius 3 is 2.85 bits per heavy atom. The second kappa shape index (κ2) is 6.39. The fourth-order valence-electron chi connectivity index (χ4n) is 1.86. The molecular formula is C11H23NO. The summed E-state index contributed by atoms with van der Waals surface area (Å²) in [6.45, 7) is 6.39. The fourth-order valence-corrected chi connectivity index (χ4v) is 1.86. The third-order valence-electron chi connectivity index (χ3n) is 2.80. The Morgan fingerprint density at radius 1 is 1.46 bits per heavy atom. The Morgan fingerprint density at radius 2 is 2.31 bits per heavy atom. The average molecular weight is 185 g/mol. The first-order valence-electron chi connectivity index (χ1n) is 5.70. The van der Waals surface area contributed by atoms with E-state index in [1.54, 1.807) is 0 Å². The SMILES string of the molecule is CCCCC(CC)NC1CCOC1. The van der Waals surface area contributed by atoms with Crippen molar-refractivity contribution in [3.8, 4) is 0 Å². The molecule has 0 saturated carbocycles. The van der Waals surface area contributed by atoms with Gasteiger partial charge in [0.1, 0.15) is 0 Å². The molecule has 0 aromatic carbocycles. The minimum absolute atomic E-state index is 0.627. The van der Waals surface area contributed by atoms with E-state index in [2.05, 4.69) is 19.2 Å². The molecule has 0 aromatic rings. The van der Waals surface area contributed by atoms with E-state index in [9.17, 15) is 0 Å². The summed E-state index contributed by atoms with van der Waals surface area (Å²) in [6.07, 6.45) is 6.42. The number of hydrogen-bond acceptors (Lipinski definition) is 2. The Bertz CT molecular complexity index is 121. The molecule has 78 valence electrons. The van der Waals surface area contributed by atoms with Crippen molar-refractivity contribution in [1.82, 2.24) is 5.32 Å². The Kier molecular flexibility index (Phi) is 5.40. The van der Waals surface area contributed by atoms with E-state index < -0.39 is 0 Å². The van der Waals surface area contributed by atoms with Crippen LogP contribution in [0.2, 0.25) is 0 Å². The van der Waals surface area contributed by atoms with Gasteiger partial charge in [-0.15, -0.1) is 0 Å². The Labute approximate surface area is 82.0 Å². The molecule has 0 spiro atoms. The van der Waals surface area contributed by atoms with Gasteiger partial charge in [-0.05, 0) is 19.3 Å². The van der Waals surface area contributed by atoms with Crippen LogP contribution in [0.4, 0.5) is 0 Å². The molecular weight excluding hydrogens is 162 g/mol. The van der Waals surface area contributed by atoms with E-state index in [0.29, 0.717) is 12.1 Å². The van der Waals surface area contributed by atoms with E-state index in [1.165, 1.54) is 32.1 Å². The van der Waals surface area contributed by atoms with Gasteiger partial charge in [-0.1, -0.05) is 26.7 Å². The van der Waals surface area contributed by atoms with Gasteiger partial charge in [0.25, 0.3) is 0 Å². The van der Waals surface area contributed by atoms with E-state index >= 15 is 0 Å². The van der Waals surface area contributed by atoms with E-state index in [0.717, 1.165) is 13.2 Å². The molecule has 2 heteroatoms. The molecule has 0 aromatic heterocycles. The zero-order chi connectivity index (χ0) is 9.52. The summed E-state index contributed by atoms with van der Waals surface area (Å²) in [5, 5.41) is 3.68. The third-order valence-corrected chi connectivity index (χ3v) is 2.80. The first kappa shape index (κ1) is 11.0. The van der Waals surface area contributed by atoms with Crippen molar-refractivity contribution in [3.63, 3.8) is 0 Å². The predicted octanol–water partition coefficient (Wildman–Crippen LogP) is 2.33. The molecule has 13 heavy (non-hydrogen) atoms. The number of ether oxygens (including phenoxy) is 1. The number of rotatable bonds is 6. The fraction of sp³-hybridized carbons (Fsp3) is 1.00. The highest BCUT2D eigenvalue weighted by Gasteiger charge is 2.18. The summed E-state index contributed by atoms with van der Waals surface area (Å²) < 4.78 is 5.34. The maximum Gasteiger partial charge on any atom is 0.0620 e. The lowest BCUT2D eigenvalue weighted by Crippen LogP contribution is -2.38. The quantitative estimate of drug-likeness (QED) is 0.686. The zero-order valence-corrected chi connectivity index (χ0v) is 9.01. The molecule has 1 fully saturated rings. The summed E-state index contributed by atoms with van der Waals surface area (Å²) in [4.78, 5) is 0. The maximum atomic E-state index is 5.34. The van der Waals surface area contributed by atoms with Gasteiger partial charge in [0.15, 0.2) is 0 Å². The van der Waals surface area contributed by atoms with Crippen molar-refractivity contribution < 1.29 is 4.74 Å². The Balaban J connectivity index is 2.13. The molecule has 1 N–H and O–H groups in total. The molecule has 1 heterocycles. The highest BCUT2D eigenvalue weighted by Crippen LogP contribution is 2.09. The normalized spacial score (nSPS) is 24.9. The minimum Gasteiger partial charge on any atom is -0.380 e. The Hall–Kier alpha value is -0.0800. The molecule has 2 unspecified atom stereocenters. The largest absolute Gasteiger partial charge is 0.380 e. The van der Waals surface area contributed by atoms with Gasteiger partial charge in [0, 0.05) is 18.7 Å². The molecule has 2 nitrogen and oxygen atoms in total. The number of hydrogen-bond donors (Lipinski definition) is 1. The van der Waals surface area contributed by atoms with Crippen LogP contribution >= 0.6 is 0 Å². The lowest BCUT2D eigenvalue weighted by Gasteiger charge is -2.20. The average Bonchev–Trinajstić information content (AvgIpc) is 2.64. The number of nitrogens with one attached hydrogen (secondary N) is 1. The van der Waals surface area contributed by atoms with Crippen molar-refractivity contribution in [1.29, 1.82) is 0 Å². The molecule has 0 aliphatic carbocycles. The molecule has 1 saturated heterocycles. The zero-order valence-electron chi connectivity index (χ0n) is 9.01. The van der Waals surface area contributed by atoms with Gasteiger partial charge < -0.3 is 10.1 Å². The molecule has 0 bridgehead atoms. The maximum absolute atomic E-state index is 5.34. The van der Waals surface area contributed by atoms with Crippen LogP contribution < -0.4 is 5.32 Å². The van der Waals surface area contributed by atoms with Gasteiger partial charge in [0.05, 0.1) is 6.61 Å². The first-order chi connectivity index (χ1) is 6.36. The van der Waals surface area contributed by atoms with Crippen LogP contribution in [0.3, 0.4) is 0 Å². The summed E-state index contributed by atoms with van der Waals surface area (Å²) >= 11 is 0. The van der Waals surface area contributed by atoms with Gasteiger partial charge in [-0.25, -0.2) is 0 Å². The van der Waals surface area contributed by atoms with Crippen molar-refractivity contribution in [2.45, 2.75) is 58.0 Å². The van der Waals surface area contributed by atoms with Crippen LogP contribution in [0.25, 0.3) is 0 Å². The number of unbranched alkanes of at least 4 members (excludes halogenated alkanes) is 1. The summed E-state index contributed by atoms with van der Waals surface area (Å²) in [6, 6.07) is 1.34. The summed E-state index contributed by atoms with van der Waals surface area (Å²) in [5.41, 5.74) is 0. The topological polar surface area (TPSA) is 21.3 Å². The van der Waals surface area contributed by atoms with E-state index in [4.69, 9.17) is 4.74 Å². The first-order valence-corrected chi connectivity index (χ1v) is 5.70. The summed E-state index contributed by atoms with van der Waals surface area (Å²) in [7, 11) is 0. The van der Waals surface area contributed by atoms with Crippen LogP contribution in [0.15, 0.2) is 0 Å². The monoisotopic (exact) mass is 185 g/mol. The molecule has 0 amide bonds. The van der Waals surface area contributed by atoms with Crippen LogP contribution in [0, 0.1) is 0 Å². The van der Waals surface area contributed by atoms with E-state index in [1.807, 2.05) is 0 Å². The second-order valence-corrected chi connectivity index (χ2v) is 3.97. The molecule has 1 rings (SSSR count). The summed E-state index contributed by atoms with van der Waals surface area (Å²) in [5.74, 6) is 0. The predicted molar refractivity (Wildman–Crippen MR) is 56.0 cm³/mol. The lowest BCUT2D eigenvalue weighted by atomic mass is 10.1. The van der Waals surface area contributed by atoms with Crippen molar-refractivity contribution >= 4 is 0 Å². The van der Waals surface area contributed by atoms with Crippen LogP contribution in [0.1, 0.15) is 46.0 Å². The standard InChI is InChI=1S/C11H23NO/c1-3-5-6-10(4-2)12-11-7-8-13-9-11/h10-12H,3-9H2,1-2H3. The smallest absolute Gasteiger partial charge is 0.0620 e.